The summed E-state index contributed by atoms with van der Waals surface area (Å²) in [5, 5.41) is 0. The van der Waals surface area contributed by atoms with Crippen molar-refractivity contribution in [2.24, 2.45) is 5.92 Å². The molecule has 1 atom stereocenters. The maximum absolute atomic E-state index is 12.2. The van der Waals surface area contributed by atoms with Gasteiger partial charge in [0.1, 0.15) is 5.69 Å². The average molecular weight is 262 g/mol. The predicted octanol–water partition coefficient (Wildman–Crippen LogP) is 3.71. The minimum absolute atomic E-state index is 0.0804. The van der Waals surface area contributed by atoms with E-state index in [2.05, 4.69) is 25.8 Å². The van der Waals surface area contributed by atoms with Gasteiger partial charge in [-0.05, 0) is 30.4 Å². The Kier molecular flexibility index (Phi) is 6.00. The fourth-order valence-electron chi connectivity index (χ4n) is 2.17. The van der Waals surface area contributed by atoms with E-state index in [-0.39, 0.29) is 5.91 Å². The first kappa shape index (κ1) is 15.7. The molecule has 2 rings (SSSR count). The van der Waals surface area contributed by atoms with Gasteiger partial charge in [0.05, 0.1) is 0 Å². The van der Waals surface area contributed by atoms with E-state index in [9.17, 15) is 4.79 Å². The van der Waals surface area contributed by atoms with Crippen molar-refractivity contribution in [3.05, 3.63) is 29.6 Å². The van der Waals surface area contributed by atoms with Crippen molar-refractivity contribution >= 4 is 5.91 Å². The molecule has 3 heteroatoms. The van der Waals surface area contributed by atoms with Gasteiger partial charge in [0.25, 0.3) is 5.91 Å². The second-order valence-corrected chi connectivity index (χ2v) is 5.25. The SMILES string of the molecule is CC.CC1CCN(C(=O)c2cccc(C(C)C)n2)C1. The Hall–Kier alpha value is -1.38. The van der Waals surface area contributed by atoms with Crippen LogP contribution in [0.3, 0.4) is 0 Å². The summed E-state index contributed by atoms with van der Waals surface area (Å²) < 4.78 is 0. The molecule has 0 spiro atoms. The number of pyridine rings is 1. The van der Waals surface area contributed by atoms with E-state index in [0.717, 1.165) is 25.2 Å². The van der Waals surface area contributed by atoms with Crippen LogP contribution in [0.25, 0.3) is 0 Å². The van der Waals surface area contributed by atoms with E-state index in [4.69, 9.17) is 0 Å². The van der Waals surface area contributed by atoms with Gasteiger partial charge in [-0.3, -0.25) is 4.79 Å². The molecule has 1 aliphatic heterocycles. The molecule has 0 aliphatic carbocycles. The summed E-state index contributed by atoms with van der Waals surface area (Å²) >= 11 is 0. The predicted molar refractivity (Wildman–Crippen MR) is 79.4 cm³/mol. The van der Waals surface area contributed by atoms with Crippen molar-refractivity contribution in [2.45, 2.75) is 47.0 Å². The standard InChI is InChI=1S/C14H20N2O.C2H6/c1-10(2)12-5-4-6-13(15-12)14(17)16-8-7-11(3)9-16;1-2/h4-6,10-11H,7-9H2,1-3H3;1-2H3. The Morgan fingerprint density at radius 2 is 2.05 bits per heavy atom. The summed E-state index contributed by atoms with van der Waals surface area (Å²) in [6, 6.07) is 5.72. The lowest BCUT2D eigenvalue weighted by Gasteiger charge is -2.16. The largest absolute Gasteiger partial charge is 0.337 e. The van der Waals surface area contributed by atoms with Gasteiger partial charge in [0.2, 0.25) is 0 Å². The molecule has 3 nitrogen and oxygen atoms in total. The van der Waals surface area contributed by atoms with Gasteiger partial charge < -0.3 is 4.90 Å². The number of hydrogen-bond acceptors (Lipinski definition) is 2. The molecule has 0 bridgehead atoms. The van der Waals surface area contributed by atoms with Gasteiger partial charge >= 0.3 is 0 Å². The fourth-order valence-corrected chi connectivity index (χ4v) is 2.17. The van der Waals surface area contributed by atoms with Crippen molar-refractivity contribution in [2.75, 3.05) is 13.1 Å². The zero-order valence-electron chi connectivity index (χ0n) is 12.8. The van der Waals surface area contributed by atoms with Crippen molar-refractivity contribution in [3.63, 3.8) is 0 Å². The lowest BCUT2D eigenvalue weighted by molar-refractivity contribution is 0.0782. The number of aromatic nitrogens is 1. The van der Waals surface area contributed by atoms with Crippen LogP contribution < -0.4 is 0 Å². The second kappa shape index (κ2) is 7.27. The number of rotatable bonds is 2. The Labute approximate surface area is 117 Å². The van der Waals surface area contributed by atoms with Crippen LogP contribution in [0.2, 0.25) is 0 Å². The molecule has 1 aliphatic rings. The van der Waals surface area contributed by atoms with Crippen molar-refractivity contribution in [3.8, 4) is 0 Å². The number of hydrogen-bond donors (Lipinski definition) is 0. The monoisotopic (exact) mass is 262 g/mol. The molecule has 0 saturated carbocycles. The smallest absolute Gasteiger partial charge is 0.272 e. The average Bonchev–Trinajstić information content (AvgIpc) is 2.87. The molecule has 1 saturated heterocycles. The maximum atomic E-state index is 12.2. The minimum Gasteiger partial charge on any atom is -0.337 e. The van der Waals surface area contributed by atoms with Gasteiger partial charge in [-0.2, -0.15) is 0 Å². The molecular weight excluding hydrogens is 236 g/mol. The summed E-state index contributed by atoms with van der Waals surface area (Å²) in [6.45, 7) is 12.1. The molecule has 19 heavy (non-hydrogen) atoms. The van der Waals surface area contributed by atoms with E-state index in [1.54, 1.807) is 0 Å². The fraction of sp³-hybridized carbons (Fsp3) is 0.625. The van der Waals surface area contributed by atoms with Crippen LogP contribution in [0.5, 0.6) is 0 Å². The molecule has 1 aromatic rings. The highest BCUT2D eigenvalue weighted by Crippen LogP contribution is 2.18. The minimum atomic E-state index is 0.0804. The van der Waals surface area contributed by atoms with Crippen molar-refractivity contribution < 1.29 is 4.79 Å². The third-order valence-electron chi connectivity index (χ3n) is 3.29. The molecule has 1 amide bonds. The van der Waals surface area contributed by atoms with E-state index < -0.39 is 0 Å². The van der Waals surface area contributed by atoms with Crippen molar-refractivity contribution in [1.29, 1.82) is 0 Å². The molecule has 1 fully saturated rings. The van der Waals surface area contributed by atoms with Crippen LogP contribution in [0.15, 0.2) is 18.2 Å². The number of nitrogens with zero attached hydrogens (tertiary/aromatic N) is 2. The van der Waals surface area contributed by atoms with Crippen LogP contribution in [0.1, 0.15) is 63.1 Å². The maximum Gasteiger partial charge on any atom is 0.272 e. The topological polar surface area (TPSA) is 33.2 Å². The highest BCUT2D eigenvalue weighted by Gasteiger charge is 2.25. The Bertz CT molecular complexity index is 415. The first-order valence-corrected chi connectivity index (χ1v) is 7.34. The first-order valence-electron chi connectivity index (χ1n) is 7.34. The number of likely N-dealkylation sites (tertiary alicyclic amines) is 1. The zero-order valence-corrected chi connectivity index (χ0v) is 12.8. The Balaban J connectivity index is 0.000000861. The van der Waals surface area contributed by atoms with Crippen LogP contribution in [0, 0.1) is 5.92 Å². The van der Waals surface area contributed by atoms with E-state index in [0.29, 0.717) is 17.5 Å². The van der Waals surface area contributed by atoms with E-state index >= 15 is 0 Å². The number of carbonyl (C=O) groups is 1. The zero-order chi connectivity index (χ0) is 14.4. The Morgan fingerprint density at radius 3 is 2.58 bits per heavy atom. The molecule has 0 N–H and O–H groups in total. The van der Waals surface area contributed by atoms with Crippen molar-refractivity contribution in [1.82, 2.24) is 9.88 Å². The summed E-state index contributed by atoms with van der Waals surface area (Å²) in [7, 11) is 0. The molecule has 1 aromatic heterocycles. The second-order valence-electron chi connectivity index (χ2n) is 5.25. The quantitative estimate of drug-likeness (QED) is 0.814. The lowest BCUT2D eigenvalue weighted by Crippen LogP contribution is -2.29. The van der Waals surface area contributed by atoms with Crippen LogP contribution in [-0.2, 0) is 0 Å². The van der Waals surface area contributed by atoms with E-state index in [1.807, 2.05) is 36.9 Å². The van der Waals surface area contributed by atoms with Crippen LogP contribution in [-0.4, -0.2) is 28.9 Å². The molecular formula is C16H26N2O. The highest BCUT2D eigenvalue weighted by molar-refractivity contribution is 5.92. The third kappa shape index (κ3) is 4.05. The first-order chi connectivity index (χ1) is 9.08. The molecule has 2 heterocycles. The summed E-state index contributed by atoms with van der Waals surface area (Å²) in [4.78, 5) is 18.6. The molecule has 0 radical (unpaired) electrons. The number of amides is 1. The summed E-state index contributed by atoms with van der Waals surface area (Å²) in [6.07, 6.45) is 1.11. The van der Waals surface area contributed by atoms with Gasteiger partial charge in [-0.15, -0.1) is 0 Å². The van der Waals surface area contributed by atoms with Crippen LogP contribution >= 0.6 is 0 Å². The van der Waals surface area contributed by atoms with Gasteiger partial charge in [0.15, 0.2) is 0 Å². The normalized spacial score (nSPS) is 18.2. The van der Waals surface area contributed by atoms with Gasteiger partial charge in [-0.25, -0.2) is 4.98 Å². The summed E-state index contributed by atoms with van der Waals surface area (Å²) in [5.74, 6) is 1.06. The van der Waals surface area contributed by atoms with Gasteiger partial charge in [0, 0.05) is 18.8 Å². The highest BCUT2D eigenvalue weighted by atomic mass is 16.2. The Morgan fingerprint density at radius 1 is 1.37 bits per heavy atom. The lowest BCUT2D eigenvalue weighted by atomic mass is 10.1. The van der Waals surface area contributed by atoms with E-state index in [1.165, 1.54) is 0 Å². The summed E-state index contributed by atoms with van der Waals surface area (Å²) in [5.41, 5.74) is 1.58. The van der Waals surface area contributed by atoms with Gasteiger partial charge in [-0.1, -0.05) is 40.7 Å². The van der Waals surface area contributed by atoms with Crippen LogP contribution in [0.4, 0.5) is 0 Å². The molecule has 106 valence electrons. The number of carbonyl (C=O) groups excluding carboxylic acids is 1. The molecule has 1 unspecified atom stereocenters. The third-order valence-corrected chi connectivity index (χ3v) is 3.29. The molecule has 0 aromatic carbocycles.